The summed E-state index contributed by atoms with van der Waals surface area (Å²) in [6.07, 6.45) is 0.835. The largest absolute Gasteiger partial charge is 0.497 e. The highest BCUT2D eigenvalue weighted by Crippen LogP contribution is 2.41. The summed E-state index contributed by atoms with van der Waals surface area (Å²) in [5, 5.41) is 17.6. The molecule has 1 aromatic carbocycles. The molecular weight excluding hydrogens is 326 g/mol. The molecule has 3 aromatic rings. The van der Waals surface area contributed by atoms with Crippen LogP contribution in [0.3, 0.4) is 0 Å². The summed E-state index contributed by atoms with van der Waals surface area (Å²) in [6, 6.07) is 10.2. The van der Waals surface area contributed by atoms with E-state index in [1.165, 1.54) is 4.88 Å². The van der Waals surface area contributed by atoms with Crippen molar-refractivity contribution >= 4 is 17.3 Å². The van der Waals surface area contributed by atoms with Crippen molar-refractivity contribution < 1.29 is 9.47 Å². The van der Waals surface area contributed by atoms with Gasteiger partial charge in [0.05, 0.1) is 26.3 Å². The molecule has 0 spiro atoms. The zero-order valence-electron chi connectivity index (χ0n) is 13.3. The Kier molecular flexibility index (Phi) is 3.81. The minimum atomic E-state index is -0.00999. The second-order valence-electron chi connectivity index (χ2n) is 5.52. The SMILES string of the molecule is COc1ccc(C2CC(c3cccs3)Nc3nnnn32)c(OC)c1. The maximum absolute atomic E-state index is 5.58. The number of aromatic nitrogens is 4. The van der Waals surface area contributed by atoms with Crippen molar-refractivity contribution in [2.45, 2.75) is 18.5 Å². The highest BCUT2D eigenvalue weighted by Gasteiger charge is 2.32. The van der Waals surface area contributed by atoms with Gasteiger partial charge in [-0.25, -0.2) is 4.68 Å². The number of ether oxygens (including phenoxy) is 2. The number of nitrogens with zero attached hydrogens (tertiary/aromatic N) is 4. The number of tetrazole rings is 1. The highest BCUT2D eigenvalue weighted by molar-refractivity contribution is 7.10. The number of fused-ring (bicyclic) bond motifs is 1. The second-order valence-corrected chi connectivity index (χ2v) is 6.50. The lowest BCUT2D eigenvalue weighted by atomic mass is 9.96. The normalized spacial score (nSPS) is 19.4. The molecule has 0 saturated carbocycles. The maximum Gasteiger partial charge on any atom is 0.244 e. The molecule has 0 radical (unpaired) electrons. The third kappa shape index (κ3) is 2.48. The minimum absolute atomic E-state index is 0.00999. The van der Waals surface area contributed by atoms with Crippen LogP contribution in [0, 0.1) is 0 Å². The first kappa shape index (κ1) is 14.9. The van der Waals surface area contributed by atoms with Gasteiger partial charge in [-0.3, -0.25) is 0 Å². The van der Waals surface area contributed by atoms with Crippen LogP contribution in [0.4, 0.5) is 5.95 Å². The molecular formula is C16H17N5O2S. The first-order valence-corrected chi connectivity index (χ1v) is 8.48. The van der Waals surface area contributed by atoms with Crippen LogP contribution >= 0.6 is 11.3 Å². The predicted molar refractivity (Wildman–Crippen MR) is 90.8 cm³/mol. The second kappa shape index (κ2) is 6.12. The lowest BCUT2D eigenvalue weighted by molar-refractivity contribution is 0.370. The van der Waals surface area contributed by atoms with Crippen molar-refractivity contribution in [1.82, 2.24) is 20.2 Å². The topological polar surface area (TPSA) is 74.1 Å². The molecule has 24 heavy (non-hydrogen) atoms. The summed E-state index contributed by atoms with van der Waals surface area (Å²) in [5.74, 6) is 2.20. The van der Waals surface area contributed by atoms with Gasteiger partial charge in [0.25, 0.3) is 0 Å². The summed E-state index contributed by atoms with van der Waals surface area (Å²) in [6.45, 7) is 0. The third-order valence-corrected chi connectivity index (χ3v) is 5.22. The van der Waals surface area contributed by atoms with Crippen molar-refractivity contribution in [3.8, 4) is 11.5 Å². The number of nitrogens with one attached hydrogen (secondary N) is 1. The number of methoxy groups -OCH3 is 2. The van der Waals surface area contributed by atoms with Crippen LogP contribution in [0.15, 0.2) is 35.7 Å². The van der Waals surface area contributed by atoms with E-state index in [-0.39, 0.29) is 12.1 Å². The average Bonchev–Trinajstić information content (AvgIpc) is 3.31. The van der Waals surface area contributed by atoms with E-state index in [4.69, 9.17) is 9.47 Å². The van der Waals surface area contributed by atoms with Gasteiger partial charge in [-0.1, -0.05) is 11.2 Å². The van der Waals surface area contributed by atoms with Crippen LogP contribution in [0.5, 0.6) is 11.5 Å². The summed E-state index contributed by atoms with van der Waals surface area (Å²) >= 11 is 1.73. The Bertz CT molecular complexity index is 833. The zero-order chi connectivity index (χ0) is 16.5. The zero-order valence-corrected chi connectivity index (χ0v) is 14.2. The predicted octanol–water partition coefficient (Wildman–Crippen LogP) is 2.90. The molecule has 1 aliphatic heterocycles. The molecule has 4 rings (SSSR count). The number of rotatable bonds is 4. The van der Waals surface area contributed by atoms with Gasteiger partial charge in [0, 0.05) is 16.5 Å². The summed E-state index contributed by atoms with van der Waals surface area (Å²) in [4.78, 5) is 1.27. The summed E-state index contributed by atoms with van der Waals surface area (Å²) in [5.41, 5.74) is 1.04. The quantitative estimate of drug-likeness (QED) is 0.785. The van der Waals surface area contributed by atoms with E-state index >= 15 is 0 Å². The Hall–Kier alpha value is -2.61. The Balaban J connectivity index is 1.77. The Morgan fingerprint density at radius 2 is 2.17 bits per heavy atom. The molecule has 0 amide bonds. The molecule has 1 aliphatic rings. The molecule has 8 heteroatoms. The van der Waals surface area contributed by atoms with Crippen LogP contribution in [-0.4, -0.2) is 34.4 Å². The molecule has 0 saturated heterocycles. The Morgan fingerprint density at radius 1 is 1.25 bits per heavy atom. The molecule has 7 nitrogen and oxygen atoms in total. The minimum Gasteiger partial charge on any atom is -0.497 e. The first-order chi connectivity index (χ1) is 11.8. The van der Waals surface area contributed by atoms with E-state index in [9.17, 15) is 0 Å². The average molecular weight is 343 g/mol. The number of anilines is 1. The highest BCUT2D eigenvalue weighted by atomic mass is 32.1. The fourth-order valence-corrected chi connectivity index (χ4v) is 3.86. The van der Waals surface area contributed by atoms with Gasteiger partial charge in [0.15, 0.2) is 0 Å². The van der Waals surface area contributed by atoms with Crippen LogP contribution in [0.1, 0.15) is 28.9 Å². The van der Waals surface area contributed by atoms with Crippen molar-refractivity contribution in [3.05, 3.63) is 46.2 Å². The Labute approximate surface area is 143 Å². The molecule has 0 aliphatic carbocycles. The third-order valence-electron chi connectivity index (χ3n) is 4.24. The molecule has 2 atom stereocenters. The van der Waals surface area contributed by atoms with Gasteiger partial charge in [-0.2, -0.15) is 0 Å². The summed E-state index contributed by atoms with van der Waals surface area (Å²) < 4.78 is 12.7. The van der Waals surface area contributed by atoms with E-state index in [1.807, 2.05) is 22.9 Å². The first-order valence-electron chi connectivity index (χ1n) is 7.60. The molecule has 0 fully saturated rings. The smallest absolute Gasteiger partial charge is 0.244 e. The molecule has 1 N–H and O–H groups in total. The number of hydrogen-bond acceptors (Lipinski definition) is 7. The van der Waals surface area contributed by atoms with E-state index in [0.29, 0.717) is 5.95 Å². The number of thiophene rings is 1. The fraction of sp³-hybridized carbons (Fsp3) is 0.312. The van der Waals surface area contributed by atoms with E-state index in [1.54, 1.807) is 25.6 Å². The lowest BCUT2D eigenvalue weighted by Crippen LogP contribution is -2.28. The van der Waals surface area contributed by atoms with E-state index < -0.39 is 0 Å². The van der Waals surface area contributed by atoms with Crippen molar-refractivity contribution in [2.24, 2.45) is 0 Å². The number of hydrogen-bond donors (Lipinski definition) is 1. The van der Waals surface area contributed by atoms with Gasteiger partial charge in [-0.05, 0) is 40.4 Å². The lowest BCUT2D eigenvalue weighted by Gasteiger charge is -2.31. The van der Waals surface area contributed by atoms with Gasteiger partial charge in [0.1, 0.15) is 11.5 Å². The van der Waals surface area contributed by atoms with E-state index in [2.05, 4.69) is 38.4 Å². The molecule has 2 aromatic heterocycles. The van der Waals surface area contributed by atoms with Gasteiger partial charge >= 0.3 is 0 Å². The van der Waals surface area contributed by atoms with Gasteiger partial charge in [0.2, 0.25) is 5.95 Å². The van der Waals surface area contributed by atoms with Gasteiger partial charge in [-0.15, -0.1) is 11.3 Å². The fourth-order valence-electron chi connectivity index (χ4n) is 3.07. The standard InChI is InChI=1S/C16H17N5O2S/c1-22-10-5-6-11(14(8-10)23-2)13-9-12(15-4-3-7-24-15)17-16-18-19-20-21(13)16/h3-8,12-13H,9H2,1-2H3,(H,17,18,20). The van der Waals surface area contributed by atoms with Crippen LogP contribution in [0.25, 0.3) is 0 Å². The Morgan fingerprint density at radius 3 is 2.92 bits per heavy atom. The molecule has 2 unspecified atom stereocenters. The summed E-state index contributed by atoms with van der Waals surface area (Å²) in [7, 11) is 3.31. The van der Waals surface area contributed by atoms with Crippen molar-refractivity contribution in [3.63, 3.8) is 0 Å². The van der Waals surface area contributed by atoms with Crippen molar-refractivity contribution in [2.75, 3.05) is 19.5 Å². The monoisotopic (exact) mass is 343 g/mol. The van der Waals surface area contributed by atoms with Crippen LogP contribution < -0.4 is 14.8 Å². The maximum atomic E-state index is 5.58. The van der Waals surface area contributed by atoms with Gasteiger partial charge < -0.3 is 14.8 Å². The molecule has 0 bridgehead atoms. The molecule has 3 heterocycles. The van der Waals surface area contributed by atoms with Crippen LogP contribution in [0.2, 0.25) is 0 Å². The molecule has 124 valence electrons. The van der Waals surface area contributed by atoms with Crippen LogP contribution in [-0.2, 0) is 0 Å². The van der Waals surface area contributed by atoms with E-state index in [0.717, 1.165) is 23.5 Å². The number of benzene rings is 1. The van der Waals surface area contributed by atoms with Crippen molar-refractivity contribution in [1.29, 1.82) is 0 Å².